The molecule has 0 amide bonds. The van der Waals surface area contributed by atoms with Crippen LogP contribution >= 0.6 is 6.89 Å². The van der Waals surface area contributed by atoms with Crippen LogP contribution in [-0.2, 0) is 4.79 Å². The highest BCUT2D eigenvalue weighted by Crippen LogP contribution is 2.49. The number of unbranched alkanes of at least 4 members (excludes halogenated alkanes) is 3. The highest BCUT2D eigenvalue weighted by atomic mass is 31.2. The summed E-state index contributed by atoms with van der Waals surface area (Å²) in [5.74, 6) is 2.45. The average molecular weight is 258 g/mol. The lowest BCUT2D eigenvalue weighted by Gasteiger charge is -2.26. The van der Waals surface area contributed by atoms with E-state index in [-0.39, 0.29) is 0 Å². The number of hydrogen-bond donors (Lipinski definition) is 0. The molecule has 0 atom stereocenters. The van der Waals surface area contributed by atoms with Crippen molar-refractivity contribution in [3.8, 4) is 0 Å². The molecule has 0 radical (unpaired) electrons. The molecule has 0 bridgehead atoms. The Bertz CT molecular complexity index is 227. The van der Waals surface area contributed by atoms with Gasteiger partial charge in [0.2, 0.25) is 0 Å². The molecule has 0 unspecified atom stereocenters. The summed E-state index contributed by atoms with van der Waals surface area (Å²) in [4.78, 5) is 11.5. The zero-order valence-electron chi connectivity index (χ0n) is 12.3. The number of Topliss-reactive ketones (excluding diaryl/α,β-unsaturated/α-hetero) is 1. The largest absolute Gasteiger partial charge is 0.295 e. The highest BCUT2D eigenvalue weighted by molar-refractivity contribution is 7.76. The molecule has 0 heterocycles. The van der Waals surface area contributed by atoms with E-state index < -0.39 is 6.89 Å². The fourth-order valence-electron chi connectivity index (χ4n) is 2.33. The molecule has 0 aliphatic heterocycles. The summed E-state index contributed by atoms with van der Waals surface area (Å²) in [6.45, 7) is 7.41. The lowest BCUT2D eigenvalue weighted by atomic mass is 10.4. The normalized spacial score (nSPS) is 11.5. The highest BCUT2D eigenvalue weighted by Gasteiger charge is 2.16. The predicted octanol–water partition coefficient (Wildman–Crippen LogP) is 4.80. The van der Waals surface area contributed by atoms with Crippen molar-refractivity contribution in [2.75, 3.05) is 18.5 Å². The fourth-order valence-corrected chi connectivity index (χ4v) is 7.00. The Morgan fingerprint density at radius 1 is 0.882 bits per heavy atom. The van der Waals surface area contributed by atoms with Crippen molar-refractivity contribution in [3.63, 3.8) is 0 Å². The van der Waals surface area contributed by atoms with E-state index in [1.807, 2.05) is 0 Å². The first-order chi connectivity index (χ1) is 8.10. The lowest BCUT2D eigenvalue weighted by Crippen LogP contribution is -2.07. The molecule has 0 saturated heterocycles. The van der Waals surface area contributed by atoms with E-state index in [4.69, 9.17) is 0 Å². The number of carbonyl (C=O) groups excluding carboxylic acids is 1. The average Bonchev–Trinajstić information content (AvgIpc) is 2.30. The third-order valence-electron chi connectivity index (χ3n) is 3.33. The fraction of sp³-hybridized carbons (Fsp3) is 0.867. The van der Waals surface area contributed by atoms with E-state index >= 15 is 0 Å². The van der Waals surface area contributed by atoms with Crippen LogP contribution in [0.5, 0.6) is 0 Å². The molecule has 1 nitrogen and oxygen atoms in total. The minimum atomic E-state index is -1.08. The summed E-state index contributed by atoms with van der Waals surface area (Å²) in [5, 5.41) is 0. The molecule has 0 spiro atoms. The Morgan fingerprint density at radius 3 is 1.47 bits per heavy atom. The monoisotopic (exact) mass is 258 g/mol. The number of hydrogen-bond acceptors (Lipinski definition) is 1. The first-order valence-corrected chi connectivity index (χ1v) is 9.73. The summed E-state index contributed by atoms with van der Waals surface area (Å²) >= 11 is 0. The van der Waals surface area contributed by atoms with E-state index in [2.05, 4.69) is 26.6 Å². The molecule has 0 rings (SSSR count). The van der Waals surface area contributed by atoms with Crippen molar-refractivity contribution in [1.29, 1.82) is 0 Å². The van der Waals surface area contributed by atoms with E-state index in [0.717, 1.165) is 0 Å². The maximum Gasteiger partial charge on any atom is 0.152 e. The summed E-state index contributed by atoms with van der Waals surface area (Å²) in [7, 11) is 0. The van der Waals surface area contributed by atoms with E-state index in [0.29, 0.717) is 5.78 Å². The van der Waals surface area contributed by atoms with E-state index in [9.17, 15) is 4.79 Å². The van der Waals surface area contributed by atoms with Crippen LogP contribution in [-0.4, -0.2) is 30.1 Å². The predicted molar refractivity (Wildman–Crippen MR) is 83.0 cm³/mol. The summed E-state index contributed by atoms with van der Waals surface area (Å²) in [5.41, 5.74) is 0. The van der Waals surface area contributed by atoms with Crippen LogP contribution in [0.1, 0.15) is 66.2 Å². The van der Waals surface area contributed by atoms with Gasteiger partial charge >= 0.3 is 0 Å². The Labute approximate surface area is 108 Å². The molecule has 0 aromatic rings. The molecular weight excluding hydrogens is 227 g/mol. The lowest BCUT2D eigenvalue weighted by molar-refractivity contribution is -0.110. The van der Waals surface area contributed by atoms with Gasteiger partial charge in [-0.3, -0.25) is 4.79 Å². The second kappa shape index (κ2) is 9.95. The van der Waals surface area contributed by atoms with Gasteiger partial charge in [0.15, 0.2) is 5.78 Å². The molecule has 0 aliphatic carbocycles. The van der Waals surface area contributed by atoms with Gasteiger partial charge in [-0.05, 0) is 50.5 Å². The Hall–Kier alpha value is -0.0300. The third kappa shape index (κ3) is 7.82. The van der Waals surface area contributed by atoms with Crippen LogP contribution < -0.4 is 0 Å². The van der Waals surface area contributed by atoms with Crippen LogP contribution in [0.2, 0.25) is 0 Å². The van der Waals surface area contributed by atoms with Crippen molar-refractivity contribution < 1.29 is 4.79 Å². The topological polar surface area (TPSA) is 17.1 Å². The first kappa shape index (κ1) is 17.0. The Balaban J connectivity index is 4.84. The molecule has 0 aromatic carbocycles. The maximum atomic E-state index is 11.5. The second-order valence-corrected chi connectivity index (χ2v) is 9.23. The van der Waals surface area contributed by atoms with Gasteiger partial charge in [0.1, 0.15) is 0 Å². The zero-order chi connectivity index (χ0) is 13.1. The van der Waals surface area contributed by atoms with Gasteiger partial charge < -0.3 is 0 Å². The van der Waals surface area contributed by atoms with Crippen LogP contribution in [0.25, 0.3) is 0 Å². The van der Waals surface area contributed by atoms with E-state index in [1.165, 1.54) is 57.0 Å². The molecule has 17 heavy (non-hydrogen) atoms. The van der Waals surface area contributed by atoms with Crippen molar-refractivity contribution in [2.24, 2.45) is 0 Å². The minimum Gasteiger partial charge on any atom is -0.295 e. The SMILES string of the molecule is CCCCP(=CC(C)=O)(CCCC)CCCC. The van der Waals surface area contributed by atoms with Crippen molar-refractivity contribution in [3.05, 3.63) is 0 Å². The van der Waals surface area contributed by atoms with Crippen LogP contribution in [0.3, 0.4) is 0 Å². The van der Waals surface area contributed by atoms with Gasteiger partial charge in [0.25, 0.3) is 0 Å². The smallest absolute Gasteiger partial charge is 0.152 e. The minimum absolute atomic E-state index is 0.307. The van der Waals surface area contributed by atoms with E-state index in [1.54, 1.807) is 6.92 Å². The van der Waals surface area contributed by atoms with Gasteiger partial charge in [-0.25, -0.2) is 0 Å². The standard InChI is InChI=1S/C15H31OP/c1-5-8-11-17(12-9-6-2,13-10-7-3)14-15(4)16/h14H,5-13H2,1-4H3. The number of ketones is 1. The van der Waals surface area contributed by atoms with Crippen molar-refractivity contribution >= 4 is 18.5 Å². The third-order valence-corrected chi connectivity index (χ3v) is 7.86. The molecule has 0 N–H and O–H groups in total. The van der Waals surface area contributed by atoms with Crippen molar-refractivity contribution in [1.82, 2.24) is 0 Å². The molecule has 0 fully saturated rings. The summed E-state index contributed by atoms with van der Waals surface area (Å²) < 4.78 is 0. The molecule has 102 valence electrons. The van der Waals surface area contributed by atoms with Gasteiger partial charge in [0, 0.05) is 0 Å². The van der Waals surface area contributed by atoms with Crippen molar-refractivity contribution in [2.45, 2.75) is 66.2 Å². The summed E-state index contributed by atoms with van der Waals surface area (Å²) in [6.07, 6.45) is 11.6. The molecule has 0 aliphatic rings. The van der Waals surface area contributed by atoms with Crippen LogP contribution in [0, 0.1) is 0 Å². The molecule has 0 aromatic heterocycles. The number of rotatable bonds is 10. The Morgan fingerprint density at radius 2 is 1.24 bits per heavy atom. The number of carbonyl (C=O) groups is 1. The van der Waals surface area contributed by atoms with Gasteiger partial charge in [-0.15, -0.1) is 6.89 Å². The van der Waals surface area contributed by atoms with Crippen LogP contribution in [0.15, 0.2) is 0 Å². The maximum absolute atomic E-state index is 11.5. The molecular formula is C15H31OP. The first-order valence-electron chi connectivity index (χ1n) is 7.32. The molecule has 2 heteroatoms. The molecule has 0 saturated carbocycles. The van der Waals surface area contributed by atoms with Gasteiger partial charge in [-0.1, -0.05) is 40.0 Å². The summed E-state index contributed by atoms with van der Waals surface area (Å²) in [6, 6.07) is 0. The second-order valence-electron chi connectivity index (χ2n) is 5.19. The van der Waals surface area contributed by atoms with Crippen LogP contribution in [0.4, 0.5) is 0 Å². The zero-order valence-corrected chi connectivity index (χ0v) is 13.2. The van der Waals surface area contributed by atoms with Gasteiger partial charge in [0.05, 0.1) is 0 Å². The quantitative estimate of drug-likeness (QED) is 0.515. The Kier molecular flexibility index (Phi) is 9.93. The van der Waals surface area contributed by atoms with Gasteiger partial charge in [-0.2, -0.15) is 0 Å².